The molecule has 0 radical (unpaired) electrons. The van der Waals surface area contributed by atoms with Crippen molar-refractivity contribution in [2.24, 2.45) is 11.7 Å². The van der Waals surface area contributed by atoms with Gasteiger partial charge >= 0.3 is 0 Å². The van der Waals surface area contributed by atoms with E-state index in [-0.39, 0.29) is 12.4 Å². The lowest BCUT2D eigenvalue weighted by atomic mass is 9.89. The summed E-state index contributed by atoms with van der Waals surface area (Å²) in [6.45, 7) is 2.79. The number of rotatable bonds is 10. The number of hydrogen-bond acceptors (Lipinski definition) is 3. The highest BCUT2D eigenvalue weighted by Crippen LogP contribution is 2.36. The van der Waals surface area contributed by atoms with Gasteiger partial charge in [0.2, 0.25) is 0 Å². The van der Waals surface area contributed by atoms with Crippen LogP contribution >= 0.6 is 0 Å². The van der Waals surface area contributed by atoms with Crippen molar-refractivity contribution in [3.05, 3.63) is 76.4 Å². The average Bonchev–Trinajstić information content (AvgIpc) is 3.08. The molecule has 3 heteroatoms. The van der Waals surface area contributed by atoms with Gasteiger partial charge < -0.3 is 10.8 Å². The number of allylic oxidation sites excluding steroid dienone is 1. The van der Waals surface area contributed by atoms with Crippen LogP contribution in [0, 0.1) is 5.92 Å². The molecular formula is C29H39NO2. The standard InChI is InChI=1S/C29H39NO2/c1-2-5-25-15-11-23(18-28(25)21-31)13-17-29(32)16-12-22-6-3-8-26(14-10-22)27-9-4-7-24(19-27)20-30/h4,7,9,11,13,15,17-19,22,26,31H,2-3,5-6,8,10,12,14,16,20-21,30H2,1H3. The van der Waals surface area contributed by atoms with Crippen LogP contribution in [0.15, 0.2) is 48.5 Å². The zero-order chi connectivity index (χ0) is 22.8. The predicted octanol–water partition coefficient (Wildman–Crippen LogP) is 6.32. The van der Waals surface area contributed by atoms with Crippen LogP contribution in [0.2, 0.25) is 0 Å². The molecule has 0 bridgehead atoms. The summed E-state index contributed by atoms with van der Waals surface area (Å²) in [5.41, 5.74) is 11.6. The molecule has 3 rings (SSSR count). The molecule has 0 spiro atoms. The first kappa shape index (κ1) is 24.4. The van der Waals surface area contributed by atoms with Crippen LogP contribution in [0.5, 0.6) is 0 Å². The number of hydrogen-bond donors (Lipinski definition) is 2. The van der Waals surface area contributed by atoms with Crippen molar-refractivity contribution in [1.29, 1.82) is 0 Å². The highest BCUT2D eigenvalue weighted by molar-refractivity contribution is 5.93. The van der Waals surface area contributed by atoms with Gasteiger partial charge in [-0.25, -0.2) is 0 Å². The largest absolute Gasteiger partial charge is 0.392 e. The van der Waals surface area contributed by atoms with Crippen molar-refractivity contribution < 1.29 is 9.90 Å². The van der Waals surface area contributed by atoms with E-state index in [1.54, 1.807) is 6.08 Å². The quantitative estimate of drug-likeness (QED) is 0.340. The van der Waals surface area contributed by atoms with Gasteiger partial charge in [-0.2, -0.15) is 0 Å². The molecule has 0 amide bonds. The van der Waals surface area contributed by atoms with E-state index in [0.717, 1.165) is 30.4 Å². The minimum absolute atomic E-state index is 0.0458. The Balaban J connectivity index is 1.48. The highest BCUT2D eigenvalue weighted by atomic mass is 16.3. The van der Waals surface area contributed by atoms with Crippen molar-refractivity contribution in [2.45, 2.75) is 83.8 Å². The third-order valence-corrected chi connectivity index (χ3v) is 6.93. The Morgan fingerprint density at radius 3 is 2.75 bits per heavy atom. The van der Waals surface area contributed by atoms with Crippen molar-refractivity contribution >= 4 is 11.9 Å². The van der Waals surface area contributed by atoms with Crippen molar-refractivity contribution in [3.63, 3.8) is 0 Å². The molecule has 172 valence electrons. The number of nitrogens with two attached hydrogens (primary N) is 1. The summed E-state index contributed by atoms with van der Waals surface area (Å²) < 4.78 is 0. The summed E-state index contributed by atoms with van der Waals surface area (Å²) in [7, 11) is 0. The van der Waals surface area contributed by atoms with E-state index in [1.807, 2.05) is 18.2 Å². The van der Waals surface area contributed by atoms with Gasteiger partial charge in [-0.05, 0) is 83.9 Å². The molecule has 2 atom stereocenters. The Labute approximate surface area is 193 Å². The zero-order valence-electron chi connectivity index (χ0n) is 19.6. The maximum atomic E-state index is 12.5. The van der Waals surface area contributed by atoms with Crippen LogP contribution in [0.1, 0.15) is 92.0 Å². The fraction of sp³-hybridized carbons (Fsp3) is 0.483. The van der Waals surface area contributed by atoms with Gasteiger partial charge in [0.1, 0.15) is 0 Å². The second-order valence-corrected chi connectivity index (χ2v) is 9.29. The molecule has 1 aliphatic rings. The van der Waals surface area contributed by atoms with Gasteiger partial charge in [0, 0.05) is 13.0 Å². The normalized spacial score (nSPS) is 19.2. The average molecular weight is 434 g/mol. The lowest BCUT2D eigenvalue weighted by molar-refractivity contribution is -0.114. The fourth-order valence-electron chi connectivity index (χ4n) is 5.00. The van der Waals surface area contributed by atoms with E-state index in [9.17, 15) is 9.90 Å². The molecule has 0 saturated heterocycles. The molecule has 2 aromatic carbocycles. The summed E-state index contributed by atoms with van der Waals surface area (Å²) in [5.74, 6) is 1.47. The number of benzene rings is 2. The zero-order valence-corrected chi connectivity index (χ0v) is 19.6. The Bertz CT molecular complexity index is 902. The number of carbonyl (C=O) groups is 1. The molecule has 1 saturated carbocycles. The molecule has 3 nitrogen and oxygen atoms in total. The van der Waals surface area contributed by atoms with Crippen LogP contribution in [-0.2, 0) is 24.4 Å². The molecular weight excluding hydrogens is 394 g/mol. The lowest BCUT2D eigenvalue weighted by Gasteiger charge is -2.16. The van der Waals surface area contributed by atoms with E-state index in [0.29, 0.717) is 24.8 Å². The maximum Gasteiger partial charge on any atom is 0.155 e. The summed E-state index contributed by atoms with van der Waals surface area (Å²) in [6.07, 6.45) is 13.3. The summed E-state index contributed by atoms with van der Waals surface area (Å²) in [6, 6.07) is 14.9. The Kier molecular flexibility index (Phi) is 9.70. The molecule has 1 aliphatic carbocycles. The molecule has 1 fully saturated rings. The van der Waals surface area contributed by atoms with Gasteiger partial charge in [0.05, 0.1) is 6.61 Å². The molecule has 0 aromatic heterocycles. The first-order chi connectivity index (χ1) is 15.6. The van der Waals surface area contributed by atoms with Crippen molar-refractivity contribution in [3.8, 4) is 0 Å². The maximum absolute atomic E-state index is 12.5. The number of carbonyl (C=O) groups excluding carboxylic acids is 1. The molecule has 32 heavy (non-hydrogen) atoms. The summed E-state index contributed by atoms with van der Waals surface area (Å²) >= 11 is 0. The molecule has 2 unspecified atom stereocenters. The fourth-order valence-corrected chi connectivity index (χ4v) is 5.00. The summed E-state index contributed by atoms with van der Waals surface area (Å²) in [4.78, 5) is 12.5. The van der Waals surface area contributed by atoms with Crippen molar-refractivity contribution in [1.82, 2.24) is 0 Å². The SMILES string of the molecule is CCCc1ccc(C=CC(=O)CCC2CCCC(c3cccc(CN)c3)CC2)cc1CO. The van der Waals surface area contributed by atoms with Crippen LogP contribution in [-0.4, -0.2) is 10.9 Å². The monoisotopic (exact) mass is 433 g/mol. The first-order valence-corrected chi connectivity index (χ1v) is 12.3. The highest BCUT2D eigenvalue weighted by Gasteiger charge is 2.20. The number of aryl methyl sites for hydroxylation is 1. The second-order valence-electron chi connectivity index (χ2n) is 9.29. The summed E-state index contributed by atoms with van der Waals surface area (Å²) in [5, 5.41) is 9.62. The molecule has 0 heterocycles. The number of aliphatic hydroxyl groups excluding tert-OH is 1. The minimum Gasteiger partial charge on any atom is -0.392 e. The van der Waals surface area contributed by atoms with Gasteiger partial charge in [-0.1, -0.05) is 68.7 Å². The first-order valence-electron chi connectivity index (χ1n) is 12.3. The predicted molar refractivity (Wildman–Crippen MR) is 133 cm³/mol. The van der Waals surface area contributed by atoms with E-state index in [2.05, 4.69) is 37.3 Å². The van der Waals surface area contributed by atoms with Crippen molar-refractivity contribution in [2.75, 3.05) is 0 Å². The topological polar surface area (TPSA) is 63.3 Å². The van der Waals surface area contributed by atoms with E-state index >= 15 is 0 Å². The van der Waals surface area contributed by atoms with Gasteiger partial charge in [-0.3, -0.25) is 4.79 Å². The van der Waals surface area contributed by atoms with Crippen LogP contribution in [0.4, 0.5) is 0 Å². The molecule has 3 N–H and O–H groups in total. The molecule has 2 aromatic rings. The third-order valence-electron chi connectivity index (χ3n) is 6.93. The Hall–Kier alpha value is -2.23. The Morgan fingerprint density at radius 2 is 1.97 bits per heavy atom. The van der Waals surface area contributed by atoms with Crippen LogP contribution in [0.25, 0.3) is 6.08 Å². The van der Waals surface area contributed by atoms with Crippen LogP contribution < -0.4 is 5.73 Å². The second kappa shape index (κ2) is 12.7. The third kappa shape index (κ3) is 7.15. The van der Waals surface area contributed by atoms with E-state index in [4.69, 9.17) is 5.73 Å². The van der Waals surface area contributed by atoms with Gasteiger partial charge in [0.15, 0.2) is 5.78 Å². The van der Waals surface area contributed by atoms with Gasteiger partial charge in [-0.15, -0.1) is 0 Å². The van der Waals surface area contributed by atoms with Crippen LogP contribution in [0.3, 0.4) is 0 Å². The number of aliphatic hydroxyl groups is 1. The minimum atomic E-state index is 0.0458. The lowest BCUT2D eigenvalue weighted by Crippen LogP contribution is -2.04. The van der Waals surface area contributed by atoms with E-state index in [1.165, 1.54) is 48.8 Å². The van der Waals surface area contributed by atoms with Gasteiger partial charge in [0.25, 0.3) is 0 Å². The smallest absolute Gasteiger partial charge is 0.155 e. The number of ketones is 1. The Morgan fingerprint density at radius 1 is 1.09 bits per heavy atom. The van der Waals surface area contributed by atoms with E-state index < -0.39 is 0 Å². The molecule has 0 aliphatic heterocycles.